The summed E-state index contributed by atoms with van der Waals surface area (Å²) in [6.07, 6.45) is 12.6. The summed E-state index contributed by atoms with van der Waals surface area (Å²) in [5, 5.41) is 40.0. The van der Waals surface area contributed by atoms with Crippen LogP contribution in [-0.2, 0) is 22.3 Å². The first-order chi connectivity index (χ1) is 18.5. The summed E-state index contributed by atoms with van der Waals surface area (Å²) in [7, 11) is 0. The quantitative estimate of drug-likeness (QED) is 0.176. The van der Waals surface area contributed by atoms with Gasteiger partial charge in [0.15, 0.2) is 12.2 Å². The molecule has 2 aromatic carbocycles. The lowest BCUT2D eigenvalue weighted by Gasteiger charge is -2.30. The number of rotatable bonds is 17. The van der Waals surface area contributed by atoms with E-state index >= 15 is 0 Å². The minimum Gasteiger partial charge on any atom is -0.493 e. The molecule has 0 aromatic heterocycles. The Balaban J connectivity index is 1.91. The van der Waals surface area contributed by atoms with Gasteiger partial charge in [-0.25, -0.2) is 0 Å². The van der Waals surface area contributed by atoms with Crippen molar-refractivity contribution in [3.63, 3.8) is 0 Å². The van der Waals surface area contributed by atoms with E-state index in [2.05, 4.69) is 38.1 Å². The number of aliphatic hydroxyl groups is 4. The van der Waals surface area contributed by atoms with Gasteiger partial charge in [-0.1, -0.05) is 99.5 Å². The molecule has 0 saturated heterocycles. The summed E-state index contributed by atoms with van der Waals surface area (Å²) in [6.45, 7) is 3.17. The monoisotopic (exact) mass is 522 g/mol. The van der Waals surface area contributed by atoms with E-state index < -0.39 is 37.6 Å². The third kappa shape index (κ3) is 11.1. The van der Waals surface area contributed by atoms with Gasteiger partial charge in [0.2, 0.25) is 0 Å². The van der Waals surface area contributed by atoms with E-state index in [0.717, 1.165) is 36.8 Å². The molecule has 38 heavy (non-hydrogen) atoms. The smallest absolute Gasteiger partial charge is 0.155 e. The maximum atomic E-state index is 10.7. The first-order valence-corrected chi connectivity index (χ1v) is 13.2. The number of aryl methyl sites for hydroxylation is 2. The highest BCUT2D eigenvalue weighted by molar-refractivity contribution is 5.52. The molecule has 4 atom stereocenters. The molecule has 4 N–H and O–H groups in total. The second-order valence-corrected chi connectivity index (χ2v) is 9.06. The van der Waals surface area contributed by atoms with Crippen LogP contribution in [0.3, 0.4) is 0 Å². The van der Waals surface area contributed by atoms with Crippen LogP contribution in [0.4, 0.5) is 0 Å². The van der Waals surface area contributed by atoms with E-state index in [4.69, 9.17) is 9.47 Å². The number of hydrogen-bond donors (Lipinski definition) is 4. The van der Waals surface area contributed by atoms with Crippen molar-refractivity contribution >= 4 is 12.2 Å². The summed E-state index contributed by atoms with van der Waals surface area (Å²) >= 11 is 0. The number of hydrogen-bond acceptors (Lipinski definition) is 6. The van der Waals surface area contributed by atoms with Crippen LogP contribution < -0.4 is 0 Å². The summed E-state index contributed by atoms with van der Waals surface area (Å²) in [5.41, 5.74) is 4.67. The van der Waals surface area contributed by atoms with E-state index in [9.17, 15) is 20.4 Å². The SMILES string of the molecule is CCCc1ccc(C=CC=CO[C@@H]([C@H](O)[C@H](CO)OC=CC=Cc2ccc(CCC)cc2)[C@H](O)CO)cc1. The van der Waals surface area contributed by atoms with Gasteiger partial charge in [0.1, 0.15) is 12.2 Å². The zero-order valence-electron chi connectivity index (χ0n) is 22.4. The number of ether oxygens (including phenoxy) is 2. The number of allylic oxidation sites excluding steroid dienone is 4. The molecular weight excluding hydrogens is 480 g/mol. The second-order valence-electron chi connectivity index (χ2n) is 9.06. The molecule has 0 spiro atoms. The molecule has 0 aliphatic carbocycles. The highest BCUT2D eigenvalue weighted by atomic mass is 16.5. The Kier molecular flexibility index (Phi) is 14.8. The van der Waals surface area contributed by atoms with Gasteiger partial charge >= 0.3 is 0 Å². The van der Waals surface area contributed by atoms with Crippen LogP contribution in [0.1, 0.15) is 48.9 Å². The fourth-order valence-corrected chi connectivity index (χ4v) is 3.82. The van der Waals surface area contributed by atoms with Gasteiger partial charge in [0.05, 0.1) is 25.7 Å². The lowest BCUT2D eigenvalue weighted by atomic mass is 10.0. The van der Waals surface area contributed by atoms with Crippen LogP contribution in [0.2, 0.25) is 0 Å². The fourth-order valence-electron chi connectivity index (χ4n) is 3.82. The zero-order valence-corrected chi connectivity index (χ0v) is 22.4. The van der Waals surface area contributed by atoms with Crippen LogP contribution in [0.25, 0.3) is 12.2 Å². The van der Waals surface area contributed by atoms with Gasteiger partial charge < -0.3 is 29.9 Å². The molecule has 0 heterocycles. The zero-order chi connectivity index (χ0) is 27.6. The van der Waals surface area contributed by atoms with Gasteiger partial charge in [-0.05, 0) is 47.2 Å². The van der Waals surface area contributed by atoms with Crippen LogP contribution in [0.5, 0.6) is 0 Å². The van der Waals surface area contributed by atoms with Crippen LogP contribution >= 0.6 is 0 Å². The first kappa shape index (κ1) is 31.1. The van der Waals surface area contributed by atoms with Gasteiger partial charge in [-0.15, -0.1) is 0 Å². The molecule has 6 heteroatoms. The Labute approximate surface area is 226 Å². The van der Waals surface area contributed by atoms with Crippen molar-refractivity contribution in [1.29, 1.82) is 0 Å². The van der Waals surface area contributed by atoms with E-state index in [1.807, 2.05) is 36.4 Å². The predicted octanol–water partition coefficient (Wildman–Crippen LogP) is 4.82. The van der Waals surface area contributed by atoms with Crippen molar-refractivity contribution in [2.75, 3.05) is 13.2 Å². The summed E-state index contributed by atoms with van der Waals surface area (Å²) < 4.78 is 11.0. The van der Waals surface area contributed by atoms with Crippen LogP contribution in [0.15, 0.2) is 85.4 Å². The molecule has 0 saturated carbocycles. The van der Waals surface area contributed by atoms with Crippen LogP contribution in [-0.4, -0.2) is 58.1 Å². The molecule has 0 aliphatic heterocycles. The molecule has 0 radical (unpaired) electrons. The molecule has 6 nitrogen and oxygen atoms in total. The molecule has 0 aliphatic rings. The Bertz CT molecular complexity index is 1010. The first-order valence-electron chi connectivity index (χ1n) is 13.2. The molecular formula is C32H42O6. The molecule has 0 amide bonds. The van der Waals surface area contributed by atoms with Gasteiger partial charge in [0.25, 0.3) is 0 Å². The Morgan fingerprint density at radius 3 is 1.55 bits per heavy atom. The molecule has 0 bridgehead atoms. The van der Waals surface area contributed by atoms with E-state index in [0.29, 0.717) is 0 Å². The lowest BCUT2D eigenvalue weighted by molar-refractivity contribution is -0.129. The number of benzene rings is 2. The highest BCUT2D eigenvalue weighted by Crippen LogP contribution is 2.14. The molecule has 2 aromatic rings. The Morgan fingerprint density at radius 1 is 0.658 bits per heavy atom. The summed E-state index contributed by atoms with van der Waals surface area (Å²) in [6, 6.07) is 16.5. The maximum Gasteiger partial charge on any atom is 0.155 e. The van der Waals surface area contributed by atoms with Crippen molar-refractivity contribution in [3.8, 4) is 0 Å². The third-order valence-electron chi connectivity index (χ3n) is 5.95. The maximum absolute atomic E-state index is 10.7. The average Bonchev–Trinajstić information content (AvgIpc) is 2.94. The number of aliphatic hydroxyl groups excluding tert-OH is 4. The van der Waals surface area contributed by atoms with Crippen LogP contribution in [0, 0.1) is 0 Å². The average molecular weight is 523 g/mol. The molecule has 0 unspecified atom stereocenters. The second kappa shape index (κ2) is 18.2. The molecule has 206 valence electrons. The lowest BCUT2D eigenvalue weighted by Crippen LogP contribution is -2.48. The highest BCUT2D eigenvalue weighted by Gasteiger charge is 2.34. The van der Waals surface area contributed by atoms with Gasteiger partial charge in [0, 0.05) is 0 Å². The van der Waals surface area contributed by atoms with E-state index in [1.165, 1.54) is 23.7 Å². The standard InChI is InChI=1S/C32H42O6/c1-3-9-25-13-17-27(18-14-25)11-5-7-21-37-30(24-34)31(36)32(29(35)23-33)38-22-8-6-12-28-19-15-26(10-4-2)16-20-28/h5-8,11-22,29-36H,3-4,9-10,23-24H2,1-2H3/t29-,30+,31-,32-/m1/s1. The predicted molar refractivity (Wildman–Crippen MR) is 153 cm³/mol. The van der Waals surface area contributed by atoms with Crippen molar-refractivity contribution in [2.24, 2.45) is 0 Å². The van der Waals surface area contributed by atoms with Crippen molar-refractivity contribution < 1.29 is 29.9 Å². The Hall–Kier alpha value is -3.16. The largest absolute Gasteiger partial charge is 0.493 e. The van der Waals surface area contributed by atoms with Crippen molar-refractivity contribution in [1.82, 2.24) is 0 Å². The molecule has 0 fully saturated rings. The minimum absolute atomic E-state index is 0.510. The van der Waals surface area contributed by atoms with E-state index in [-0.39, 0.29) is 0 Å². The minimum atomic E-state index is -1.40. The van der Waals surface area contributed by atoms with Crippen molar-refractivity contribution in [2.45, 2.75) is 63.9 Å². The summed E-state index contributed by atoms with van der Waals surface area (Å²) in [4.78, 5) is 0. The third-order valence-corrected chi connectivity index (χ3v) is 5.95. The van der Waals surface area contributed by atoms with Gasteiger partial charge in [-0.2, -0.15) is 0 Å². The molecule has 2 rings (SSSR count). The summed E-state index contributed by atoms with van der Waals surface area (Å²) in [5.74, 6) is 0. The van der Waals surface area contributed by atoms with Crippen molar-refractivity contribution in [3.05, 3.63) is 108 Å². The normalized spacial score (nSPS) is 15.4. The fraction of sp³-hybridized carbons (Fsp3) is 0.375. The topological polar surface area (TPSA) is 99.4 Å². The Morgan fingerprint density at radius 2 is 1.13 bits per heavy atom. The van der Waals surface area contributed by atoms with E-state index in [1.54, 1.807) is 24.3 Å². The van der Waals surface area contributed by atoms with Gasteiger partial charge in [-0.3, -0.25) is 0 Å².